The van der Waals surface area contributed by atoms with Crippen LogP contribution in [-0.4, -0.2) is 9.55 Å². The highest BCUT2D eigenvalue weighted by atomic mass is 79.9. The Hall–Kier alpha value is -2.60. The third-order valence-electron chi connectivity index (χ3n) is 3.56. The highest BCUT2D eigenvalue weighted by Gasteiger charge is 2.08. The van der Waals surface area contributed by atoms with Crippen LogP contribution in [0.15, 0.2) is 64.1 Å². The van der Waals surface area contributed by atoms with Gasteiger partial charge in [-0.05, 0) is 57.4 Å². The number of hydrogen-bond donors (Lipinski definition) is 0. The zero-order valence-electron chi connectivity index (χ0n) is 13.0. The maximum absolute atomic E-state index is 13.3. The number of benzene rings is 2. The summed E-state index contributed by atoms with van der Waals surface area (Å²) in [7, 11) is 0. The average Bonchev–Trinajstić information content (AvgIpc) is 2.60. The summed E-state index contributed by atoms with van der Waals surface area (Å²) in [6, 6.07) is 12.0. The molecule has 3 nitrogen and oxygen atoms in total. The summed E-state index contributed by atoms with van der Waals surface area (Å²) >= 11 is 3.26. The molecule has 0 saturated heterocycles. The third-order valence-corrected chi connectivity index (χ3v) is 4.30. The van der Waals surface area contributed by atoms with E-state index in [1.165, 1.54) is 35.2 Å². The zero-order valence-corrected chi connectivity index (χ0v) is 14.6. The molecule has 0 fully saturated rings. The minimum Gasteiger partial charge on any atom is -0.294 e. The molecule has 0 amide bonds. The van der Waals surface area contributed by atoms with Gasteiger partial charge in [0, 0.05) is 0 Å². The molecule has 126 valence electrons. The maximum Gasteiger partial charge on any atom is 0.268 e. The molecule has 3 aromatic rings. The van der Waals surface area contributed by atoms with E-state index in [0.717, 1.165) is 5.56 Å². The highest BCUT2D eigenvalue weighted by molar-refractivity contribution is 9.10. The quantitative estimate of drug-likeness (QED) is 0.643. The van der Waals surface area contributed by atoms with E-state index in [2.05, 4.69) is 20.9 Å². The molecule has 0 aliphatic heterocycles. The van der Waals surface area contributed by atoms with Crippen molar-refractivity contribution in [3.8, 4) is 0 Å². The Bertz CT molecular complexity index is 981. The number of hydrogen-bond acceptors (Lipinski definition) is 2. The minimum atomic E-state index is -0.351. The Balaban J connectivity index is 1.85. The second-order valence-electron chi connectivity index (χ2n) is 5.39. The van der Waals surface area contributed by atoms with E-state index < -0.39 is 0 Å². The predicted octanol–water partition coefficient (Wildman–Crippen LogP) is 4.50. The molecule has 0 aliphatic carbocycles. The number of nitrogens with zero attached hydrogens (tertiary/aromatic N) is 2. The van der Waals surface area contributed by atoms with Crippen LogP contribution in [0.25, 0.3) is 12.2 Å². The lowest BCUT2D eigenvalue weighted by atomic mass is 10.2. The van der Waals surface area contributed by atoms with Crippen molar-refractivity contribution in [2.75, 3.05) is 0 Å². The molecular weight excluding hydrogens is 390 g/mol. The van der Waals surface area contributed by atoms with E-state index in [4.69, 9.17) is 0 Å². The first-order chi connectivity index (χ1) is 12.0. The van der Waals surface area contributed by atoms with Gasteiger partial charge < -0.3 is 0 Å². The second kappa shape index (κ2) is 7.53. The van der Waals surface area contributed by atoms with Crippen LogP contribution < -0.4 is 5.56 Å². The summed E-state index contributed by atoms with van der Waals surface area (Å²) in [6.45, 7) is 0.226. The topological polar surface area (TPSA) is 34.9 Å². The van der Waals surface area contributed by atoms with Crippen LogP contribution >= 0.6 is 15.9 Å². The molecule has 0 spiro atoms. The van der Waals surface area contributed by atoms with E-state index in [0.29, 0.717) is 15.7 Å². The summed E-state index contributed by atoms with van der Waals surface area (Å²) in [4.78, 5) is 16.7. The molecule has 1 aromatic heterocycles. The molecular formula is C19H13BrF2N2O. The molecule has 0 atom stereocenters. The Morgan fingerprint density at radius 3 is 2.52 bits per heavy atom. The van der Waals surface area contributed by atoms with E-state index in [9.17, 15) is 13.6 Å². The smallest absolute Gasteiger partial charge is 0.268 e. The van der Waals surface area contributed by atoms with E-state index >= 15 is 0 Å². The fraction of sp³-hybridized carbons (Fsp3) is 0.0526. The summed E-state index contributed by atoms with van der Waals surface area (Å²) in [5.74, 6) is -0.659. The molecule has 0 aliphatic rings. The number of rotatable bonds is 4. The highest BCUT2D eigenvalue weighted by Crippen LogP contribution is 2.14. The van der Waals surface area contributed by atoms with Crippen molar-refractivity contribution in [1.29, 1.82) is 0 Å². The Labute approximate surface area is 151 Å². The van der Waals surface area contributed by atoms with Crippen molar-refractivity contribution in [2.45, 2.75) is 6.54 Å². The second-order valence-corrected chi connectivity index (χ2v) is 6.18. The molecule has 25 heavy (non-hydrogen) atoms. The van der Waals surface area contributed by atoms with Crippen molar-refractivity contribution < 1.29 is 8.78 Å². The van der Waals surface area contributed by atoms with Gasteiger partial charge in [0.25, 0.3) is 5.56 Å². The normalized spacial score (nSPS) is 11.2. The van der Waals surface area contributed by atoms with Gasteiger partial charge in [-0.3, -0.25) is 9.36 Å². The standard InChI is InChI=1S/C19H13BrF2N2O/c20-18-17(9-6-13-4-7-15(21)8-5-13)23-12-24(19(18)25)11-14-2-1-3-16(22)10-14/h1-10,12H,11H2. The van der Waals surface area contributed by atoms with Gasteiger partial charge in [0.15, 0.2) is 0 Å². The fourth-order valence-corrected chi connectivity index (χ4v) is 2.75. The summed E-state index contributed by atoms with van der Waals surface area (Å²) in [5, 5.41) is 0. The van der Waals surface area contributed by atoms with E-state index in [1.54, 1.807) is 36.4 Å². The van der Waals surface area contributed by atoms with Crippen LogP contribution in [0.1, 0.15) is 16.8 Å². The molecule has 0 bridgehead atoms. The maximum atomic E-state index is 13.3. The SMILES string of the molecule is O=c1c(Br)c(C=Cc2ccc(F)cc2)ncn1Cc1cccc(F)c1. The first kappa shape index (κ1) is 17.2. The monoisotopic (exact) mass is 402 g/mol. The van der Waals surface area contributed by atoms with Gasteiger partial charge in [-0.1, -0.05) is 30.3 Å². The van der Waals surface area contributed by atoms with Crippen LogP contribution in [0.5, 0.6) is 0 Å². The lowest BCUT2D eigenvalue weighted by molar-refractivity contribution is 0.622. The Kier molecular flexibility index (Phi) is 5.19. The molecule has 2 aromatic carbocycles. The van der Waals surface area contributed by atoms with Crippen LogP contribution in [0, 0.1) is 11.6 Å². The Morgan fingerprint density at radius 1 is 1.04 bits per heavy atom. The van der Waals surface area contributed by atoms with Gasteiger partial charge in [0.2, 0.25) is 0 Å². The van der Waals surface area contributed by atoms with Gasteiger partial charge in [-0.2, -0.15) is 0 Å². The first-order valence-corrected chi connectivity index (χ1v) is 8.25. The fourth-order valence-electron chi connectivity index (χ4n) is 2.29. The average molecular weight is 403 g/mol. The van der Waals surface area contributed by atoms with Gasteiger partial charge in [-0.15, -0.1) is 0 Å². The van der Waals surface area contributed by atoms with Gasteiger partial charge in [0.1, 0.15) is 16.1 Å². The van der Waals surface area contributed by atoms with Crippen molar-refractivity contribution in [3.63, 3.8) is 0 Å². The van der Waals surface area contributed by atoms with Crippen molar-refractivity contribution in [3.05, 3.63) is 98.1 Å². The predicted molar refractivity (Wildman–Crippen MR) is 97.0 cm³/mol. The Morgan fingerprint density at radius 2 is 1.80 bits per heavy atom. The zero-order chi connectivity index (χ0) is 17.8. The van der Waals surface area contributed by atoms with Crippen molar-refractivity contribution >= 4 is 28.1 Å². The van der Waals surface area contributed by atoms with Crippen LogP contribution in [0.3, 0.4) is 0 Å². The third kappa shape index (κ3) is 4.28. The van der Waals surface area contributed by atoms with Crippen LogP contribution in [-0.2, 0) is 6.54 Å². The van der Waals surface area contributed by atoms with Crippen LogP contribution in [0.4, 0.5) is 8.78 Å². The molecule has 0 saturated carbocycles. The van der Waals surface area contributed by atoms with Crippen LogP contribution in [0.2, 0.25) is 0 Å². The lowest BCUT2D eigenvalue weighted by Gasteiger charge is -2.07. The van der Waals surface area contributed by atoms with E-state index in [1.807, 2.05) is 0 Å². The van der Waals surface area contributed by atoms with Gasteiger partial charge in [0.05, 0.1) is 18.6 Å². The summed E-state index contributed by atoms with van der Waals surface area (Å²) in [6.07, 6.45) is 4.83. The van der Waals surface area contributed by atoms with Crippen molar-refractivity contribution in [2.24, 2.45) is 0 Å². The minimum absolute atomic E-state index is 0.226. The summed E-state index contributed by atoms with van der Waals surface area (Å²) in [5.41, 5.74) is 1.66. The van der Waals surface area contributed by atoms with Gasteiger partial charge in [-0.25, -0.2) is 13.8 Å². The molecule has 0 N–H and O–H groups in total. The molecule has 1 heterocycles. The molecule has 0 radical (unpaired) electrons. The summed E-state index contributed by atoms with van der Waals surface area (Å²) < 4.78 is 27.9. The molecule has 0 unspecified atom stereocenters. The van der Waals surface area contributed by atoms with Gasteiger partial charge >= 0.3 is 0 Å². The number of halogens is 3. The van der Waals surface area contributed by atoms with Crippen molar-refractivity contribution in [1.82, 2.24) is 9.55 Å². The number of aromatic nitrogens is 2. The molecule has 6 heteroatoms. The first-order valence-electron chi connectivity index (χ1n) is 7.46. The lowest BCUT2D eigenvalue weighted by Crippen LogP contribution is -2.22. The van der Waals surface area contributed by atoms with E-state index in [-0.39, 0.29) is 23.7 Å². The molecule has 3 rings (SSSR count). The largest absolute Gasteiger partial charge is 0.294 e.